The Morgan fingerprint density at radius 1 is 1.31 bits per heavy atom. The van der Waals surface area contributed by atoms with E-state index in [1.807, 2.05) is 25.1 Å². The van der Waals surface area contributed by atoms with Crippen LogP contribution in [0.5, 0.6) is 0 Å². The van der Waals surface area contributed by atoms with Crippen LogP contribution in [0.25, 0.3) is 11.4 Å². The molecule has 16 heavy (non-hydrogen) atoms. The number of aryl methyl sites for hydroxylation is 1. The van der Waals surface area contributed by atoms with Gasteiger partial charge in [-0.25, -0.2) is 4.98 Å². The molecular formula is C12H16N4. The molecule has 4 nitrogen and oxygen atoms in total. The molecule has 0 unspecified atom stereocenters. The summed E-state index contributed by atoms with van der Waals surface area (Å²) in [5.74, 6) is 1.99. The summed E-state index contributed by atoms with van der Waals surface area (Å²) in [6.45, 7) is 6.14. The SMILES string of the molecule is Cc1cc(-c2n[nH]c(C(C)C)n2)ccc1N. The first-order valence-electron chi connectivity index (χ1n) is 5.36. The predicted molar refractivity (Wildman–Crippen MR) is 65.1 cm³/mol. The van der Waals surface area contributed by atoms with E-state index in [-0.39, 0.29) is 0 Å². The number of nitrogens with one attached hydrogen (secondary N) is 1. The molecule has 3 N–H and O–H groups in total. The Hall–Kier alpha value is -1.84. The predicted octanol–water partition coefficient (Wildman–Crippen LogP) is 2.49. The Kier molecular flexibility index (Phi) is 2.64. The summed E-state index contributed by atoms with van der Waals surface area (Å²) >= 11 is 0. The molecule has 2 aromatic rings. The van der Waals surface area contributed by atoms with Crippen molar-refractivity contribution in [1.29, 1.82) is 0 Å². The molecule has 0 atom stereocenters. The first-order valence-corrected chi connectivity index (χ1v) is 5.36. The minimum Gasteiger partial charge on any atom is -0.399 e. The number of nitrogens with two attached hydrogens (primary N) is 1. The van der Waals surface area contributed by atoms with Crippen LogP contribution in [0.4, 0.5) is 5.69 Å². The first kappa shape index (κ1) is 10.7. The molecule has 0 radical (unpaired) electrons. The summed E-state index contributed by atoms with van der Waals surface area (Å²) in [5.41, 5.74) is 8.61. The Labute approximate surface area is 94.9 Å². The van der Waals surface area contributed by atoms with Gasteiger partial charge in [0, 0.05) is 17.2 Å². The average molecular weight is 216 g/mol. The van der Waals surface area contributed by atoms with E-state index in [4.69, 9.17) is 5.73 Å². The van der Waals surface area contributed by atoms with Gasteiger partial charge in [-0.3, -0.25) is 5.10 Å². The number of nitrogen functional groups attached to an aromatic ring is 1. The maximum Gasteiger partial charge on any atom is 0.181 e. The molecule has 0 saturated heterocycles. The molecule has 1 aromatic heterocycles. The van der Waals surface area contributed by atoms with Crippen LogP contribution in [0.3, 0.4) is 0 Å². The number of hydrogen-bond acceptors (Lipinski definition) is 3. The minimum absolute atomic E-state index is 0.358. The van der Waals surface area contributed by atoms with Gasteiger partial charge in [0.15, 0.2) is 5.82 Å². The fourth-order valence-corrected chi connectivity index (χ4v) is 1.48. The van der Waals surface area contributed by atoms with Crippen LogP contribution < -0.4 is 5.73 Å². The highest BCUT2D eigenvalue weighted by Crippen LogP contribution is 2.21. The van der Waals surface area contributed by atoms with Crippen LogP contribution in [0.15, 0.2) is 18.2 Å². The second-order valence-corrected chi connectivity index (χ2v) is 4.27. The van der Waals surface area contributed by atoms with Crippen molar-refractivity contribution in [2.24, 2.45) is 0 Å². The molecule has 0 aliphatic heterocycles. The number of nitrogens with zero attached hydrogens (tertiary/aromatic N) is 2. The van der Waals surface area contributed by atoms with Gasteiger partial charge in [-0.05, 0) is 30.7 Å². The molecule has 0 saturated carbocycles. The molecule has 0 aliphatic carbocycles. The standard InChI is InChI=1S/C12H16N4/c1-7(2)11-14-12(16-15-11)9-4-5-10(13)8(3)6-9/h4-7H,13H2,1-3H3,(H,14,15,16). The van der Waals surface area contributed by atoms with Crippen molar-refractivity contribution in [3.05, 3.63) is 29.6 Å². The smallest absolute Gasteiger partial charge is 0.181 e. The number of hydrogen-bond donors (Lipinski definition) is 2. The summed E-state index contributed by atoms with van der Waals surface area (Å²) in [4.78, 5) is 4.44. The minimum atomic E-state index is 0.358. The monoisotopic (exact) mass is 216 g/mol. The highest BCUT2D eigenvalue weighted by Gasteiger charge is 2.08. The second kappa shape index (κ2) is 3.96. The summed E-state index contributed by atoms with van der Waals surface area (Å²) in [7, 11) is 0. The molecule has 0 aliphatic rings. The van der Waals surface area contributed by atoms with Gasteiger partial charge in [0.2, 0.25) is 0 Å². The van der Waals surface area contributed by atoms with Crippen molar-refractivity contribution in [2.45, 2.75) is 26.7 Å². The summed E-state index contributed by atoms with van der Waals surface area (Å²) in [6, 6.07) is 5.83. The van der Waals surface area contributed by atoms with Gasteiger partial charge in [-0.1, -0.05) is 13.8 Å². The number of rotatable bonds is 2. The van der Waals surface area contributed by atoms with Gasteiger partial charge in [0.25, 0.3) is 0 Å². The molecule has 0 amide bonds. The number of H-pyrrole nitrogens is 1. The molecule has 2 rings (SSSR count). The largest absolute Gasteiger partial charge is 0.399 e. The maximum absolute atomic E-state index is 5.77. The van der Waals surface area contributed by atoms with E-state index in [1.54, 1.807) is 0 Å². The van der Waals surface area contributed by atoms with E-state index in [0.717, 1.165) is 28.5 Å². The highest BCUT2D eigenvalue weighted by atomic mass is 15.2. The van der Waals surface area contributed by atoms with Crippen LogP contribution in [-0.4, -0.2) is 15.2 Å². The van der Waals surface area contributed by atoms with Crippen LogP contribution in [0, 0.1) is 6.92 Å². The van der Waals surface area contributed by atoms with E-state index in [1.165, 1.54) is 0 Å². The molecule has 84 valence electrons. The van der Waals surface area contributed by atoms with Crippen LogP contribution in [0.1, 0.15) is 31.2 Å². The molecule has 4 heteroatoms. The molecule has 1 heterocycles. The summed E-state index contributed by atoms with van der Waals surface area (Å²) in [6.07, 6.45) is 0. The molecule has 1 aromatic carbocycles. The van der Waals surface area contributed by atoms with Gasteiger partial charge >= 0.3 is 0 Å². The Bertz CT molecular complexity index is 499. The number of aromatic nitrogens is 3. The van der Waals surface area contributed by atoms with E-state index in [2.05, 4.69) is 29.0 Å². The number of anilines is 1. The maximum atomic E-state index is 5.77. The quantitative estimate of drug-likeness (QED) is 0.758. The van der Waals surface area contributed by atoms with Gasteiger partial charge in [0.1, 0.15) is 5.82 Å². The van der Waals surface area contributed by atoms with Crippen LogP contribution in [-0.2, 0) is 0 Å². The van der Waals surface area contributed by atoms with Crippen molar-refractivity contribution in [3.63, 3.8) is 0 Å². The zero-order valence-corrected chi connectivity index (χ0v) is 9.78. The van der Waals surface area contributed by atoms with Crippen LogP contribution >= 0.6 is 0 Å². The van der Waals surface area contributed by atoms with Crippen molar-refractivity contribution >= 4 is 5.69 Å². The van der Waals surface area contributed by atoms with E-state index >= 15 is 0 Å². The molecule has 0 spiro atoms. The lowest BCUT2D eigenvalue weighted by atomic mass is 10.1. The first-order chi connectivity index (χ1) is 7.58. The van der Waals surface area contributed by atoms with Gasteiger partial charge in [-0.2, -0.15) is 5.10 Å². The van der Waals surface area contributed by atoms with Crippen molar-refractivity contribution in [3.8, 4) is 11.4 Å². The number of benzene rings is 1. The van der Waals surface area contributed by atoms with Crippen LogP contribution in [0.2, 0.25) is 0 Å². The lowest BCUT2D eigenvalue weighted by Crippen LogP contribution is -1.91. The van der Waals surface area contributed by atoms with Gasteiger partial charge in [-0.15, -0.1) is 0 Å². The summed E-state index contributed by atoms with van der Waals surface area (Å²) in [5, 5.41) is 7.15. The lowest BCUT2D eigenvalue weighted by Gasteiger charge is -2.01. The Morgan fingerprint density at radius 3 is 2.62 bits per heavy atom. The van der Waals surface area contributed by atoms with Gasteiger partial charge in [0.05, 0.1) is 0 Å². The molecule has 0 bridgehead atoms. The van der Waals surface area contributed by atoms with Crippen molar-refractivity contribution in [1.82, 2.24) is 15.2 Å². The average Bonchev–Trinajstić information content (AvgIpc) is 2.71. The normalized spacial score (nSPS) is 11.0. The highest BCUT2D eigenvalue weighted by molar-refractivity contribution is 5.61. The zero-order chi connectivity index (χ0) is 11.7. The van der Waals surface area contributed by atoms with E-state index in [0.29, 0.717) is 5.92 Å². The van der Waals surface area contributed by atoms with Gasteiger partial charge < -0.3 is 5.73 Å². The van der Waals surface area contributed by atoms with E-state index in [9.17, 15) is 0 Å². The molecular weight excluding hydrogens is 200 g/mol. The zero-order valence-electron chi connectivity index (χ0n) is 9.78. The van der Waals surface area contributed by atoms with Crippen molar-refractivity contribution in [2.75, 3.05) is 5.73 Å². The third-order valence-electron chi connectivity index (χ3n) is 2.58. The number of aromatic amines is 1. The Balaban J connectivity index is 2.39. The Morgan fingerprint density at radius 2 is 2.06 bits per heavy atom. The topological polar surface area (TPSA) is 67.6 Å². The third-order valence-corrected chi connectivity index (χ3v) is 2.58. The van der Waals surface area contributed by atoms with Crippen molar-refractivity contribution < 1.29 is 0 Å². The second-order valence-electron chi connectivity index (χ2n) is 4.27. The summed E-state index contributed by atoms with van der Waals surface area (Å²) < 4.78 is 0. The fourth-order valence-electron chi connectivity index (χ4n) is 1.48. The third kappa shape index (κ3) is 1.91. The van der Waals surface area contributed by atoms with E-state index < -0.39 is 0 Å². The molecule has 0 fully saturated rings. The lowest BCUT2D eigenvalue weighted by molar-refractivity contribution is 0.781. The fraction of sp³-hybridized carbons (Fsp3) is 0.333.